The van der Waals surface area contributed by atoms with Gasteiger partial charge >= 0.3 is 0 Å². The van der Waals surface area contributed by atoms with Crippen molar-refractivity contribution in [2.24, 2.45) is 5.73 Å². The number of hydrogen-bond acceptors (Lipinski definition) is 4. The quantitative estimate of drug-likeness (QED) is 0.894. The predicted octanol–water partition coefficient (Wildman–Crippen LogP) is 2.51. The van der Waals surface area contributed by atoms with Crippen LogP contribution in [0, 0.1) is 0 Å². The van der Waals surface area contributed by atoms with Crippen molar-refractivity contribution in [1.82, 2.24) is 9.97 Å². The van der Waals surface area contributed by atoms with E-state index in [1.54, 1.807) is 18.6 Å². The first kappa shape index (κ1) is 13.5. The van der Waals surface area contributed by atoms with Crippen LogP contribution in [0.4, 0.5) is 0 Å². The van der Waals surface area contributed by atoms with Gasteiger partial charge in [-0.25, -0.2) is 0 Å². The summed E-state index contributed by atoms with van der Waals surface area (Å²) in [4.78, 5) is 8.46. The zero-order chi connectivity index (χ0) is 13.7. The van der Waals surface area contributed by atoms with Gasteiger partial charge in [0.25, 0.3) is 0 Å². The summed E-state index contributed by atoms with van der Waals surface area (Å²) < 4.78 is 5.62. The number of pyridine rings is 2. The Hall–Kier alpha value is -1.94. The van der Waals surface area contributed by atoms with Gasteiger partial charge in [0, 0.05) is 30.6 Å². The Bertz CT molecular complexity index is 514. The van der Waals surface area contributed by atoms with Crippen molar-refractivity contribution in [2.75, 3.05) is 0 Å². The number of aromatic nitrogens is 2. The average molecular weight is 257 g/mol. The molecule has 0 spiro atoms. The van der Waals surface area contributed by atoms with Gasteiger partial charge in [-0.1, -0.05) is 6.07 Å². The van der Waals surface area contributed by atoms with E-state index in [0.29, 0.717) is 6.42 Å². The lowest BCUT2D eigenvalue weighted by molar-refractivity contribution is 0.241. The molecule has 0 aromatic carbocycles. The highest BCUT2D eigenvalue weighted by molar-refractivity contribution is 5.27. The van der Waals surface area contributed by atoms with Crippen molar-refractivity contribution < 1.29 is 4.74 Å². The zero-order valence-electron chi connectivity index (χ0n) is 11.3. The molecule has 1 atom stereocenters. The number of nitrogens with two attached hydrogens (primary N) is 1. The minimum atomic E-state index is -0.127. The molecule has 0 saturated carbocycles. The lowest BCUT2D eigenvalue weighted by atomic mass is 10.0. The first-order valence-electron chi connectivity index (χ1n) is 6.42. The van der Waals surface area contributed by atoms with Crippen LogP contribution in [0.3, 0.4) is 0 Å². The number of nitrogens with zero attached hydrogens (tertiary/aromatic N) is 2. The molecule has 4 heteroatoms. The maximum Gasteiger partial charge on any atom is 0.138 e. The molecule has 100 valence electrons. The van der Waals surface area contributed by atoms with Gasteiger partial charge in [0.2, 0.25) is 0 Å². The molecular weight excluding hydrogens is 238 g/mol. The van der Waals surface area contributed by atoms with E-state index in [1.807, 2.05) is 38.1 Å². The molecule has 4 nitrogen and oxygen atoms in total. The normalized spacial score (nSPS) is 12.4. The Morgan fingerprint density at radius 2 is 2.11 bits per heavy atom. The molecule has 0 aliphatic rings. The summed E-state index contributed by atoms with van der Waals surface area (Å²) in [6.07, 6.45) is 6.08. The number of hydrogen-bond donors (Lipinski definition) is 1. The molecule has 2 aromatic heterocycles. The van der Waals surface area contributed by atoms with Gasteiger partial charge in [0.15, 0.2) is 0 Å². The van der Waals surface area contributed by atoms with Gasteiger partial charge in [-0.3, -0.25) is 9.97 Å². The minimum absolute atomic E-state index is 0.127. The van der Waals surface area contributed by atoms with Crippen LogP contribution in [0.25, 0.3) is 0 Å². The summed E-state index contributed by atoms with van der Waals surface area (Å²) in [6, 6.07) is 7.65. The fourth-order valence-corrected chi connectivity index (χ4v) is 1.84. The van der Waals surface area contributed by atoms with Gasteiger partial charge in [0.1, 0.15) is 5.75 Å². The minimum Gasteiger partial charge on any atom is -0.489 e. The first-order chi connectivity index (χ1) is 9.15. The molecule has 2 N–H and O–H groups in total. The third-order valence-electron chi connectivity index (χ3n) is 2.69. The third-order valence-corrected chi connectivity index (χ3v) is 2.69. The van der Waals surface area contributed by atoms with E-state index in [1.165, 1.54) is 0 Å². The van der Waals surface area contributed by atoms with Crippen molar-refractivity contribution >= 4 is 0 Å². The van der Waals surface area contributed by atoms with Crippen LogP contribution in [0.2, 0.25) is 0 Å². The highest BCUT2D eigenvalue weighted by Crippen LogP contribution is 2.19. The molecule has 0 aliphatic carbocycles. The van der Waals surface area contributed by atoms with Gasteiger partial charge in [-0.15, -0.1) is 0 Å². The zero-order valence-corrected chi connectivity index (χ0v) is 11.3. The Morgan fingerprint density at radius 3 is 2.79 bits per heavy atom. The Morgan fingerprint density at radius 1 is 1.26 bits per heavy atom. The maximum atomic E-state index is 6.19. The Labute approximate surface area is 113 Å². The van der Waals surface area contributed by atoms with Gasteiger partial charge in [0.05, 0.1) is 12.3 Å². The van der Waals surface area contributed by atoms with Crippen LogP contribution < -0.4 is 10.5 Å². The van der Waals surface area contributed by atoms with Crippen LogP contribution >= 0.6 is 0 Å². The van der Waals surface area contributed by atoms with Crippen molar-refractivity contribution in [3.8, 4) is 5.75 Å². The number of ether oxygens (including phenoxy) is 1. The molecule has 0 aliphatic heterocycles. The SMILES string of the molecule is CC(C)Oc1cncc(C(N)Cc2ccccn2)c1. The average Bonchev–Trinajstić information content (AvgIpc) is 2.39. The molecule has 2 rings (SSSR count). The summed E-state index contributed by atoms with van der Waals surface area (Å²) in [6.45, 7) is 3.97. The molecule has 0 fully saturated rings. The van der Waals surface area contributed by atoms with E-state index >= 15 is 0 Å². The molecular formula is C15H19N3O. The maximum absolute atomic E-state index is 6.19. The largest absolute Gasteiger partial charge is 0.489 e. The highest BCUT2D eigenvalue weighted by Gasteiger charge is 2.10. The molecule has 0 bridgehead atoms. The topological polar surface area (TPSA) is 61.0 Å². The summed E-state index contributed by atoms with van der Waals surface area (Å²) in [5.41, 5.74) is 8.13. The van der Waals surface area contributed by atoms with E-state index in [9.17, 15) is 0 Å². The van der Waals surface area contributed by atoms with E-state index in [2.05, 4.69) is 9.97 Å². The van der Waals surface area contributed by atoms with Crippen LogP contribution in [0.15, 0.2) is 42.9 Å². The molecule has 2 heterocycles. The Kier molecular flexibility index (Phi) is 4.47. The van der Waals surface area contributed by atoms with Gasteiger partial charge in [-0.05, 0) is 37.6 Å². The molecule has 0 amide bonds. The Balaban J connectivity index is 2.08. The van der Waals surface area contributed by atoms with Crippen molar-refractivity contribution in [1.29, 1.82) is 0 Å². The number of rotatable bonds is 5. The van der Waals surface area contributed by atoms with E-state index in [4.69, 9.17) is 10.5 Å². The smallest absolute Gasteiger partial charge is 0.138 e. The van der Waals surface area contributed by atoms with Crippen LogP contribution in [-0.4, -0.2) is 16.1 Å². The fourth-order valence-electron chi connectivity index (χ4n) is 1.84. The van der Waals surface area contributed by atoms with Gasteiger partial charge < -0.3 is 10.5 Å². The lowest BCUT2D eigenvalue weighted by Gasteiger charge is -2.14. The van der Waals surface area contributed by atoms with Crippen LogP contribution in [0.5, 0.6) is 5.75 Å². The summed E-state index contributed by atoms with van der Waals surface area (Å²) in [5.74, 6) is 0.754. The highest BCUT2D eigenvalue weighted by atomic mass is 16.5. The lowest BCUT2D eigenvalue weighted by Crippen LogP contribution is -2.15. The van der Waals surface area contributed by atoms with Crippen LogP contribution in [-0.2, 0) is 6.42 Å². The second kappa shape index (κ2) is 6.29. The monoisotopic (exact) mass is 257 g/mol. The van der Waals surface area contributed by atoms with E-state index in [-0.39, 0.29) is 12.1 Å². The van der Waals surface area contributed by atoms with Crippen LogP contribution in [0.1, 0.15) is 31.1 Å². The van der Waals surface area contributed by atoms with Gasteiger partial charge in [-0.2, -0.15) is 0 Å². The second-order valence-electron chi connectivity index (χ2n) is 4.75. The van der Waals surface area contributed by atoms with E-state index < -0.39 is 0 Å². The van der Waals surface area contributed by atoms with Crippen molar-refractivity contribution in [2.45, 2.75) is 32.4 Å². The van der Waals surface area contributed by atoms with E-state index in [0.717, 1.165) is 17.0 Å². The second-order valence-corrected chi connectivity index (χ2v) is 4.75. The molecule has 2 aromatic rings. The standard InChI is InChI=1S/C15H19N3O/c1-11(2)19-14-7-12(9-17-10-14)15(16)8-13-5-3-4-6-18-13/h3-7,9-11,15H,8,16H2,1-2H3. The summed E-state index contributed by atoms with van der Waals surface area (Å²) >= 11 is 0. The third kappa shape index (κ3) is 4.03. The first-order valence-corrected chi connectivity index (χ1v) is 6.42. The van der Waals surface area contributed by atoms with Crippen molar-refractivity contribution in [3.63, 3.8) is 0 Å². The predicted molar refractivity (Wildman–Crippen MR) is 74.9 cm³/mol. The summed E-state index contributed by atoms with van der Waals surface area (Å²) in [5, 5.41) is 0. The molecule has 0 radical (unpaired) electrons. The fraction of sp³-hybridized carbons (Fsp3) is 0.333. The molecule has 0 saturated heterocycles. The molecule has 1 unspecified atom stereocenters. The summed E-state index contributed by atoms with van der Waals surface area (Å²) in [7, 11) is 0. The molecule has 19 heavy (non-hydrogen) atoms. The van der Waals surface area contributed by atoms with Crippen molar-refractivity contribution in [3.05, 3.63) is 54.1 Å².